The lowest BCUT2D eigenvalue weighted by Gasteiger charge is -2.24. The molecule has 0 spiro atoms. The number of hydrogen-bond acceptors (Lipinski definition) is 7. The summed E-state index contributed by atoms with van der Waals surface area (Å²) in [4.78, 5) is 13.6. The summed E-state index contributed by atoms with van der Waals surface area (Å²) in [6, 6.07) is 8.52. The molecule has 2 aliphatic heterocycles. The third kappa shape index (κ3) is 4.80. The number of fused-ring (bicyclic) bond motifs is 1. The summed E-state index contributed by atoms with van der Waals surface area (Å²) >= 11 is 0. The Labute approximate surface area is 194 Å². The molecule has 2 aromatic heterocycles. The van der Waals surface area contributed by atoms with Gasteiger partial charge in [-0.05, 0) is 45.0 Å². The van der Waals surface area contributed by atoms with Crippen LogP contribution >= 0.6 is 0 Å². The fourth-order valence-corrected chi connectivity index (χ4v) is 4.42. The fraction of sp³-hybridized carbons (Fsp3) is 0.480. The predicted molar refractivity (Wildman–Crippen MR) is 127 cm³/mol. The van der Waals surface area contributed by atoms with Gasteiger partial charge in [0.05, 0.1) is 37.7 Å². The first kappa shape index (κ1) is 21.7. The first-order valence-corrected chi connectivity index (χ1v) is 11.6. The Morgan fingerprint density at radius 1 is 1.06 bits per heavy atom. The largest absolute Gasteiger partial charge is 0.485 e. The van der Waals surface area contributed by atoms with Crippen molar-refractivity contribution in [3.05, 3.63) is 47.0 Å². The molecule has 2 aliphatic rings. The van der Waals surface area contributed by atoms with E-state index in [4.69, 9.17) is 9.47 Å². The van der Waals surface area contributed by atoms with Crippen LogP contribution in [-0.2, 0) is 4.74 Å². The molecule has 0 bridgehead atoms. The quantitative estimate of drug-likeness (QED) is 0.570. The van der Waals surface area contributed by atoms with E-state index in [1.165, 1.54) is 5.69 Å². The molecule has 8 nitrogen and oxygen atoms in total. The van der Waals surface area contributed by atoms with E-state index in [-0.39, 0.29) is 6.10 Å². The second-order valence-corrected chi connectivity index (χ2v) is 8.69. The van der Waals surface area contributed by atoms with Crippen LogP contribution in [-0.4, -0.2) is 76.5 Å². The summed E-state index contributed by atoms with van der Waals surface area (Å²) in [5.41, 5.74) is 4.05. The number of hydrogen-bond donors (Lipinski definition) is 0. The molecule has 4 heterocycles. The summed E-state index contributed by atoms with van der Waals surface area (Å²) < 4.78 is 13.6. The smallest absolute Gasteiger partial charge is 0.253 e. The summed E-state index contributed by atoms with van der Waals surface area (Å²) in [6.07, 6.45) is 1.08. The number of morpholine rings is 1. The molecule has 5 rings (SSSR count). The lowest BCUT2D eigenvalue weighted by molar-refractivity contribution is 0.0443. The number of aromatic nitrogens is 4. The van der Waals surface area contributed by atoms with Crippen LogP contribution in [0.5, 0.6) is 5.75 Å². The van der Waals surface area contributed by atoms with Gasteiger partial charge in [-0.2, -0.15) is 9.50 Å². The van der Waals surface area contributed by atoms with Gasteiger partial charge in [-0.15, -0.1) is 5.10 Å². The number of ether oxygens (including phenoxy) is 2. The number of rotatable bonds is 4. The van der Waals surface area contributed by atoms with Crippen molar-refractivity contribution in [2.75, 3.05) is 50.8 Å². The van der Waals surface area contributed by atoms with Gasteiger partial charge in [0.2, 0.25) is 0 Å². The number of nitrogens with zero attached hydrogens (tertiary/aromatic N) is 6. The number of anilines is 1. The van der Waals surface area contributed by atoms with Gasteiger partial charge in [-0.3, -0.25) is 4.90 Å². The highest BCUT2D eigenvalue weighted by Crippen LogP contribution is 2.28. The normalized spacial score (nSPS) is 19.0. The molecule has 172 valence electrons. The van der Waals surface area contributed by atoms with Gasteiger partial charge >= 0.3 is 0 Å². The molecule has 8 heteroatoms. The van der Waals surface area contributed by atoms with Crippen LogP contribution in [0.25, 0.3) is 5.78 Å². The van der Waals surface area contributed by atoms with Crippen molar-refractivity contribution < 1.29 is 9.47 Å². The molecule has 0 amide bonds. The van der Waals surface area contributed by atoms with Crippen molar-refractivity contribution in [1.29, 1.82) is 0 Å². The van der Waals surface area contributed by atoms with E-state index in [1.807, 2.05) is 20.8 Å². The molecule has 1 aromatic carbocycles. The average molecular weight is 447 g/mol. The lowest BCUT2D eigenvalue weighted by atomic mass is 10.2. The minimum absolute atomic E-state index is 0.110. The van der Waals surface area contributed by atoms with Crippen molar-refractivity contribution in [2.24, 2.45) is 0 Å². The van der Waals surface area contributed by atoms with Crippen LogP contribution in [0.1, 0.15) is 29.2 Å². The minimum atomic E-state index is 0.110. The third-order valence-electron chi connectivity index (χ3n) is 6.24. The highest BCUT2D eigenvalue weighted by Gasteiger charge is 2.26. The van der Waals surface area contributed by atoms with Crippen molar-refractivity contribution in [2.45, 2.75) is 33.3 Å². The van der Waals surface area contributed by atoms with Gasteiger partial charge < -0.3 is 14.4 Å². The fourth-order valence-electron chi connectivity index (χ4n) is 4.42. The van der Waals surface area contributed by atoms with E-state index >= 15 is 0 Å². The highest BCUT2D eigenvalue weighted by molar-refractivity contribution is 5.51. The third-order valence-corrected chi connectivity index (χ3v) is 6.24. The SMILES string of the molecule is Cc1nc2nc(C)c(O[C@@H]3CCN(c4ccc(C#CCN5CCOCC5)cc4)C3)c(C)n2n1. The summed E-state index contributed by atoms with van der Waals surface area (Å²) in [5, 5.41) is 4.44. The van der Waals surface area contributed by atoms with Gasteiger partial charge in [0.25, 0.3) is 5.78 Å². The maximum Gasteiger partial charge on any atom is 0.253 e. The van der Waals surface area contributed by atoms with E-state index in [2.05, 4.69) is 61.0 Å². The Balaban J connectivity index is 1.20. The van der Waals surface area contributed by atoms with Crippen molar-refractivity contribution in [1.82, 2.24) is 24.5 Å². The van der Waals surface area contributed by atoms with Gasteiger partial charge in [-0.25, -0.2) is 4.98 Å². The van der Waals surface area contributed by atoms with Crippen LogP contribution in [0.15, 0.2) is 24.3 Å². The zero-order chi connectivity index (χ0) is 22.8. The topological polar surface area (TPSA) is 68.0 Å². The molecule has 0 unspecified atom stereocenters. The Morgan fingerprint density at radius 2 is 1.85 bits per heavy atom. The van der Waals surface area contributed by atoms with Crippen LogP contribution in [0.4, 0.5) is 5.69 Å². The summed E-state index contributed by atoms with van der Waals surface area (Å²) in [5.74, 6) is 8.72. The van der Waals surface area contributed by atoms with E-state index in [0.29, 0.717) is 11.6 Å². The molecule has 0 radical (unpaired) electrons. The number of aryl methyl sites for hydroxylation is 3. The molecule has 2 saturated heterocycles. The average Bonchev–Trinajstić information content (AvgIpc) is 3.44. The summed E-state index contributed by atoms with van der Waals surface area (Å²) in [6.45, 7) is 12.0. The molecule has 0 N–H and O–H groups in total. The Bertz CT molecular complexity index is 1190. The summed E-state index contributed by atoms with van der Waals surface area (Å²) in [7, 11) is 0. The zero-order valence-corrected chi connectivity index (χ0v) is 19.5. The van der Waals surface area contributed by atoms with Gasteiger partial charge in [-0.1, -0.05) is 11.8 Å². The molecule has 33 heavy (non-hydrogen) atoms. The standard InChI is InChI=1S/C25H30N6O2/c1-18-24(19(2)31-25(26-18)27-20(3)28-31)33-23-10-12-30(17-23)22-8-6-21(7-9-22)5-4-11-29-13-15-32-16-14-29/h6-9,23H,10-17H2,1-3H3/t23-/m1/s1. The van der Waals surface area contributed by atoms with E-state index < -0.39 is 0 Å². The van der Waals surface area contributed by atoms with E-state index in [1.54, 1.807) is 4.52 Å². The lowest BCUT2D eigenvalue weighted by Crippen LogP contribution is -2.36. The number of benzene rings is 1. The highest BCUT2D eigenvalue weighted by atomic mass is 16.5. The molecule has 3 aromatic rings. The maximum absolute atomic E-state index is 6.41. The Hall–Kier alpha value is -3.15. The monoisotopic (exact) mass is 446 g/mol. The second kappa shape index (κ2) is 9.38. The first-order chi connectivity index (χ1) is 16.1. The zero-order valence-electron chi connectivity index (χ0n) is 19.5. The van der Waals surface area contributed by atoms with E-state index in [9.17, 15) is 0 Å². The Kier molecular flexibility index (Phi) is 6.16. The Morgan fingerprint density at radius 3 is 2.64 bits per heavy atom. The van der Waals surface area contributed by atoms with Crippen LogP contribution in [0.2, 0.25) is 0 Å². The van der Waals surface area contributed by atoms with Gasteiger partial charge in [0.15, 0.2) is 5.75 Å². The molecule has 2 fully saturated rings. The first-order valence-electron chi connectivity index (χ1n) is 11.6. The van der Waals surface area contributed by atoms with Crippen LogP contribution in [0, 0.1) is 32.6 Å². The molecular formula is C25H30N6O2. The van der Waals surface area contributed by atoms with Crippen molar-refractivity contribution in [3.8, 4) is 17.6 Å². The molecule has 0 aliphatic carbocycles. The van der Waals surface area contributed by atoms with Gasteiger partial charge in [0.1, 0.15) is 11.9 Å². The molecular weight excluding hydrogens is 416 g/mol. The van der Waals surface area contributed by atoms with Crippen LogP contribution < -0.4 is 9.64 Å². The van der Waals surface area contributed by atoms with Gasteiger partial charge in [0, 0.05) is 37.3 Å². The predicted octanol–water partition coefficient (Wildman–Crippen LogP) is 2.39. The van der Waals surface area contributed by atoms with Crippen molar-refractivity contribution in [3.63, 3.8) is 0 Å². The second-order valence-electron chi connectivity index (χ2n) is 8.69. The molecule has 0 saturated carbocycles. The minimum Gasteiger partial charge on any atom is -0.485 e. The van der Waals surface area contributed by atoms with Crippen molar-refractivity contribution >= 4 is 11.5 Å². The maximum atomic E-state index is 6.41. The molecule has 1 atom stereocenters. The van der Waals surface area contributed by atoms with Crippen LogP contribution in [0.3, 0.4) is 0 Å². The van der Waals surface area contributed by atoms with E-state index in [0.717, 1.165) is 75.1 Å².